The molecule has 0 saturated carbocycles. The SMILES string of the molecule is CN(Cc1csc(Br)c1)c1nccc(C(=N)N)c1Cl. The standard InChI is InChI=1S/C12H12BrClN4S/c1-18(5-7-4-9(13)19-6-7)12-10(14)8(11(15)16)2-3-17-12/h2-4,6H,5H2,1H3,(H3,15,16). The largest absolute Gasteiger partial charge is 0.384 e. The van der Waals surface area contributed by atoms with Crippen molar-refractivity contribution in [2.45, 2.75) is 6.54 Å². The summed E-state index contributed by atoms with van der Waals surface area (Å²) in [5, 5.41) is 9.96. The molecule has 2 aromatic rings. The fourth-order valence-electron chi connectivity index (χ4n) is 1.68. The Labute approximate surface area is 128 Å². The van der Waals surface area contributed by atoms with Gasteiger partial charge < -0.3 is 10.6 Å². The molecular formula is C12H12BrClN4S. The molecule has 0 aromatic carbocycles. The van der Waals surface area contributed by atoms with E-state index in [1.807, 2.05) is 11.9 Å². The summed E-state index contributed by atoms with van der Waals surface area (Å²) in [4.78, 5) is 6.19. The number of nitrogens with zero attached hydrogens (tertiary/aromatic N) is 2. The zero-order valence-corrected chi connectivity index (χ0v) is 13.3. The van der Waals surface area contributed by atoms with Crippen molar-refractivity contribution < 1.29 is 0 Å². The van der Waals surface area contributed by atoms with Crippen LogP contribution < -0.4 is 10.6 Å². The molecule has 0 radical (unpaired) electrons. The molecule has 2 heterocycles. The highest BCUT2D eigenvalue weighted by atomic mass is 79.9. The van der Waals surface area contributed by atoms with E-state index in [0.717, 1.165) is 3.79 Å². The Morgan fingerprint density at radius 2 is 2.37 bits per heavy atom. The minimum Gasteiger partial charge on any atom is -0.384 e. The van der Waals surface area contributed by atoms with Crippen LogP contribution in [-0.4, -0.2) is 17.9 Å². The Kier molecular flexibility index (Phi) is 4.44. The summed E-state index contributed by atoms with van der Waals surface area (Å²) < 4.78 is 1.09. The van der Waals surface area contributed by atoms with E-state index in [1.54, 1.807) is 23.6 Å². The van der Waals surface area contributed by atoms with Crippen LogP contribution in [0.3, 0.4) is 0 Å². The van der Waals surface area contributed by atoms with Crippen LogP contribution in [0.15, 0.2) is 27.5 Å². The van der Waals surface area contributed by atoms with E-state index in [4.69, 9.17) is 22.7 Å². The van der Waals surface area contributed by atoms with E-state index in [2.05, 4.69) is 32.4 Å². The van der Waals surface area contributed by atoms with Crippen LogP contribution in [0.5, 0.6) is 0 Å². The molecule has 0 atom stereocenters. The van der Waals surface area contributed by atoms with Crippen LogP contribution in [-0.2, 0) is 6.54 Å². The van der Waals surface area contributed by atoms with Gasteiger partial charge in [-0.3, -0.25) is 5.41 Å². The van der Waals surface area contributed by atoms with Crippen molar-refractivity contribution in [3.63, 3.8) is 0 Å². The van der Waals surface area contributed by atoms with Crippen molar-refractivity contribution in [3.05, 3.63) is 43.6 Å². The molecule has 100 valence electrons. The highest BCUT2D eigenvalue weighted by Gasteiger charge is 2.14. The van der Waals surface area contributed by atoms with Crippen LogP contribution in [0, 0.1) is 5.41 Å². The maximum atomic E-state index is 7.48. The molecule has 7 heteroatoms. The van der Waals surface area contributed by atoms with Crippen molar-refractivity contribution in [2.24, 2.45) is 5.73 Å². The molecule has 0 bridgehead atoms. The second-order valence-electron chi connectivity index (χ2n) is 4.02. The van der Waals surface area contributed by atoms with Crippen LogP contribution in [0.25, 0.3) is 0 Å². The number of amidine groups is 1. The lowest BCUT2D eigenvalue weighted by molar-refractivity contribution is 0.901. The van der Waals surface area contributed by atoms with Crippen LogP contribution in [0.4, 0.5) is 5.82 Å². The first kappa shape index (κ1) is 14.3. The van der Waals surface area contributed by atoms with Gasteiger partial charge in [-0.2, -0.15) is 0 Å². The summed E-state index contributed by atoms with van der Waals surface area (Å²) >= 11 is 11.3. The molecule has 0 unspecified atom stereocenters. The molecule has 19 heavy (non-hydrogen) atoms. The van der Waals surface area contributed by atoms with Crippen LogP contribution in [0.1, 0.15) is 11.1 Å². The molecular weight excluding hydrogens is 348 g/mol. The van der Waals surface area contributed by atoms with Crippen molar-refractivity contribution in [2.75, 3.05) is 11.9 Å². The summed E-state index contributed by atoms with van der Waals surface area (Å²) in [7, 11) is 1.91. The molecule has 0 aliphatic rings. The molecule has 2 rings (SSSR count). The number of nitrogen functional groups attached to an aromatic ring is 1. The minimum absolute atomic E-state index is 0.0553. The Morgan fingerprint density at radius 3 is 2.95 bits per heavy atom. The summed E-state index contributed by atoms with van der Waals surface area (Å²) in [5.74, 6) is 0.567. The van der Waals surface area contributed by atoms with Crippen molar-refractivity contribution in [3.8, 4) is 0 Å². The minimum atomic E-state index is -0.0553. The number of nitrogens with two attached hydrogens (primary N) is 1. The first-order valence-electron chi connectivity index (χ1n) is 5.42. The lowest BCUT2D eigenvalue weighted by Crippen LogP contribution is -2.20. The van der Waals surface area contributed by atoms with Gasteiger partial charge in [0.1, 0.15) is 11.7 Å². The summed E-state index contributed by atoms with van der Waals surface area (Å²) in [6.45, 7) is 0.691. The Morgan fingerprint density at radius 1 is 1.63 bits per heavy atom. The fourth-order valence-corrected chi connectivity index (χ4v) is 3.24. The van der Waals surface area contributed by atoms with Crippen LogP contribution in [0.2, 0.25) is 5.02 Å². The van der Waals surface area contributed by atoms with Gasteiger partial charge in [0.2, 0.25) is 0 Å². The molecule has 3 N–H and O–H groups in total. The first-order chi connectivity index (χ1) is 8.99. The quantitative estimate of drug-likeness (QED) is 0.649. The van der Waals surface area contributed by atoms with E-state index in [0.29, 0.717) is 22.9 Å². The lowest BCUT2D eigenvalue weighted by Gasteiger charge is -2.19. The van der Waals surface area contributed by atoms with E-state index < -0.39 is 0 Å². The van der Waals surface area contributed by atoms with Gasteiger partial charge in [0.15, 0.2) is 0 Å². The maximum Gasteiger partial charge on any atom is 0.148 e. The number of anilines is 1. The van der Waals surface area contributed by atoms with E-state index in [9.17, 15) is 0 Å². The second-order valence-corrected chi connectivity index (χ2v) is 6.69. The molecule has 0 amide bonds. The lowest BCUT2D eigenvalue weighted by atomic mass is 10.2. The van der Waals surface area contributed by atoms with E-state index in [1.165, 1.54) is 5.56 Å². The summed E-state index contributed by atoms with van der Waals surface area (Å²) in [6.07, 6.45) is 1.61. The van der Waals surface area contributed by atoms with Gasteiger partial charge >= 0.3 is 0 Å². The monoisotopic (exact) mass is 358 g/mol. The number of halogens is 2. The summed E-state index contributed by atoms with van der Waals surface area (Å²) in [6, 6.07) is 3.70. The van der Waals surface area contributed by atoms with Gasteiger partial charge in [-0.15, -0.1) is 11.3 Å². The molecule has 0 aliphatic carbocycles. The van der Waals surface area contributed by atoms with Gasteiger partial charge in [0.05, 0.1) is 8.81 Å². The fraction of sp³-hybridized carbons (Fsp3) is 0.167. The average molecular weight is 360 g/mol. The molecule has 0 aliphatic heterocycles. The highest BCUT2D eigenvalue weighted by molar-refractivity contribution is 9.11. The Bertz CT molecular complexity index is 614. The Hall–Kier alpha value is -1.11. The normalized spacial score (nSPS) is 10.5. The molecule has 2 aromatic heterocycles. The maximum absolute atomic E-state index is 7.48. The zero-order chi connectivity index (χ0) is 14.0. The topological polar surface area (TPSA) is 66.0 Å². The summed E-state index contributed by atoms with van der Waals surface area (Å²) in [5.41, 5.74) is 7.16. The number of hydrogen-bond donors (Lipinski definition) is 2. The van der Waals surface area contributed by atoms with Gasteiger partial charge in [-0.25, -0.2) is 4.98 Å². The van der Waals surface area contributed by atoms with Gasteiger partial charge in [-0.1, -0.05) is 11.6 Å². The number of hydrogen-bond acceptors (Lipinski definition) is 4. The highest BCUT2D eigenvalue weighted by Crippen LogP contribution is 2.28. The van der Waals surface area contributed by atoms with Crippen molar-refractivity contribution in [1.29, 1.82) is 5.41 Å². The smallest absolute Gasteiger partial charge is 0.148 e. The van der Waals surface area contributed by atoms with Crippen LogP contribution >= 0.6 is 38.9 Å². The van der Waals surface area contributed by atoms with E-state index in [-0.39, 0.29) is 5.84 Å². The molecule has 0 spiro atoms. The van der Waals surface area contributed by atoms with Gasteiger partial charge in [0.25, 0.3) is 0 Å². The average Bonchev–Trinajstić information content (AvgIpc) is 2.74. The molecule has 0 fully saturated rings. The molecule has 0 saturated heterocycles. The number of thiophene rings is 1. The number of rotatable bonds is 4. The Balaban J connectivity index is 2.26. The second kappa shape index (κ2) is 5.90. The number of aromatic nitrogens is 1. The third kappa shape index (κ3) is 3.26. The third-order valence-corrected chi connectivity index (χ3v) is 4.49. The first-order valence-corrected chi connectivity index (χ1v) is 7.47. The van der Waals surface area contributed by atoms with Gasteiger partial charge in [-0.05, 0) is 39.0 Å². The van der Waals surface area contributed by atoms with Crippen molar-refractivity contribution in [1.82, 2.24) is 4.98 Å². The number of nitrogens with one attached hydrogen (secondary N) is 1. The van der Waals surface area contributed by atoms with E-state index >= 15 is 0 Å². The zero-order valence-electron chi connectivity index (χ0n) is 10.2. The number of pyridine rings is 1. The van der Waals surface area contributed by atoms with Gasteiger partial charge in [0, 0.05) is 25.4 Å². The predicted octanol–water partition coefficient (Wildman–Crippen LogP) is 3.48. The third-order valence-electron chi connectivity index (χ3n) is 2.56. The molecule has 4 nitrogen and oxygen atoms in total. The van der Waals surface area contributed by atoms with Crippen molar-refractivity contribution >= 4 is 50.5 Å². The predicted molar refractivity (Wildman–Crippen MR) is 84.4 cm³/mol.